The molecule has 0 spiro atoms. The normalized spacial score (nSPS) is 20.4. The highest BCUT2D eigenvalue weighted by Crippen LogP contribution is 2.37. The Morgan fingerprint density at radius 3 is 1.91 bits per heavy atom. The minimum atomic E-state index is -5.02. The number of carbonyl (C=O) groups excluding carboxylic acids is 1. The van der Waals surface area contributed by atoms with Gasteiger partial charge in [0, 0.05) is 56.1 Å². The van der Waals surface area contributed by atoms with Gasteiger partial charge in [-0.25, -0.2) is 0 Å². The lowest BCUT2D eigenvalue weighted by Gasteiger charge is -2.47. The highest BCUT2D eigenvalue weighted by Gasteiger charge is 2.40. The first-order chi connectivity index (χ1) is 20.3. The van der Waals surface area contributed by atoms with Gasteiger partial charge in [-0.05, 0) is 68.0 Å². The summed E-state index contributed by atoms with van der Waals surface area (Å²) in [5, 5.41) is 0. The largest absolute Gasteiger partial charge is 0.416 e. The van der Waals surface area contributed by atoms with E-state index < -0.39 is 35.0 Å². The van der Waals surface area contributed by atoms with Crippen molar-refractivity contribution in [1.29, 1.82) is 0 Å². The number of piperidine rings is 1. The van der Waals surface area contributed by atoms with Crippen LogP contribution in [0.2, 0.25) is 0 Å². The minimum Gasteiger partial charge on any atom is -0.369 e. The Balaban J connectivity index is 1.37. The second-order valence-electron chi connectivity index (χ2n) is 11.6. The Kier molecular flexibility index (Phi) is 8.79. The number of hydrogen-bond acceptors (Lipinski definition) is 3. The predicted molar refractivity (Wildman–Crippen MR) is 154 cm³/mol. The van der Waals surface area contributed by atoms with Gasteiger partial charge in [0.05, 0.1) is 11.1 Å². The number of nitrogens with zero attached hydrogens (tertiary/aromatic N) is 3. The molecule has 0 unspecified atom stereocenters. The number of amides is 1. The predicted octanol–water partition coefficient (Wildman–Crippen LogP) is 7.38. The van der Waals surface area contributed by atoms with Gasteiger partial charge in [-0.1, -0.05) is 48.5 Å². The average Bonchev–Trinajstić information content (AvgIpc) is 2.96. The number of aryl methyl sites for hydroxylation is 2. The molecular formula is C33H35F6N3O. The number of alkyl halides is 6. The van der Waals surface area contributed by atoms with Crippen molar-refractivity contribution in [3.63, 3.8) is 0 Å². The molecule has 0 aromatic heterocycles. The molecule has 2 aliphatic rings. The Hall–Kier alpha value is -3.53. The molecule has 10 heteroatoms. The lowest BCUT2D eigenvalue weighted by Crippen LogP contribution is -2.57. The number of likely N-dealkylation sites (tertiary alicyclic amines) is 1. The Bertz CT molecular complexity index is 1380. The van der Waals surface area contributed by atoms with Crippen molar-refractivity contribution in [2.75, 3.05) is 37.6 Å². The van der Waals surface area contributed by atoms with E-state index in [4.69, 9.17) is 0 Å². The number of hydrogen-bond donors (Lipinski definition) is 0. The fourth-order valence-electron chi connectivity index (χ4n) is 6.57. The van der Waals surface area contributed by atoms with Gasteiger partial charge in [-0.3, -0.25) is 9.69 Å². The van der Waals surface area contributed by atoms with Crippen molar-refractivity contribution >= 4 is 11.6 Å². The molecule has 0 radical (unpaired) electrons. The molecule has 4 nitrogen and oxygen atoms in total. The van der Waals surface area contributed by atoms with Gasteiger partial charge in [0.1, 0.15) is 0 Å². The summed E-state index contributed by atoms with van der Waals surface area (Å²) in [5.74, 6) is -0.809. The zero-order chi connectivity index (χ0) is 30.9. The van der Waals surface area contributed by atoms with Crippen LogP contribution in [0.5, 0.6) is 0 Å². The van der Waals surface area contributed by atoms with Gasteiger partial charge in [0.25, 0.3) is 5.91 Å². The lowest BCUT2D eigenvalue weighted by molar-refractivity contribution is -0.143. The maximum Gasteiger partial charge on any atom is 0.416 e. The molecule has 2 saturated heterocycles. The molecule has 1 amide bonds. The summed E-state index contributed by atoms with van der Waals surface area (Å²) in [6.45, 7) is 7.81. The topological polar surface area (TPSA) is 26.8 Å². The number of para-hydroxylation sites is 1. The SMILES string of the molecule is Cc1cccc(C)c1N1CCN([C@H]2CCN(C(=O)c3cc(C(F)(F)F)cc(C(F)(F)F)c3)[C@H](Cc3ccccc3)C2)CC1. The first-order valence-electron chi connectivity index (χ1n) is 14.5. The summed E-state index contributed by atoms with van der Waals surface area (Å²) < 4.78 is 81.3. The van der Waals surface area contributed by atoms with Crippen molar-refractivity contribution in [2.45, 2.75) is 57.5 Å². The molecule has 3 aromatic carbocycles. The fourth-order valence-corrected chi connectivity index (χ4v) is 6.57. The number of piperazine rings is 1. The van der Waals surface area contributed by atoms with E-state index in [9.17, 15) is 31.1 Å². The van der Waals surface area contributed by atoms with Crippen molar-refractivity contribution in [3.05, 3.63) is 100 Å². The van der Waals surface area contributed by atoms with Gasteiger partial charge in [0.15, 0.2) is 0 Å². The molecule has 5 rings (SSSR count). The molecule has 0 N–H and O–H groups in total. The van der Waals surface area contributed by atoms with Crippen LogP contribution in [-0.4, -0.2) is 60.5 Å². The van der Waals surface area contributed by atoms with Crippen LogP contribution >= 0.6 is 0 Å². The molecule has 3 aromatic rings. The first-order valence-corrected chi connectivity index (χ1v) is 14.5. The molecule has 230 valence electrons. The van der Waals surface area contributed by atoms with E-state index >= 15 is 0 Å². The van der Waals surface area contributed by atoms with Gasteiger partial charge in [-0.2, -0.15) is 26.3 Å². The smallest absolute Gasteiger partial charge is 0.369 e. The number of carbonyl (C=O) groups is 1. The van der Waals surface area contributed by atoms with Crippen molar-refractivity contribution in [3.8, 4) is 0 Å². The minimum absolute atomic E-state index is 0.0581. The summed E-state index contributed by atoms with van der Waals surface area (Å²) in [5.41, 5.74) is 1.09. The van der Waals surface area contributed by atoms with E-state index in [1.165, 1.54) is 21.7 Å². The van der Waals surface area contributed by atoms with Crippen LogP contribution in [0, 0.1) is 13.8 Å². The zero-order valence-corrected chi connectivity index (χ0v) is 24.2. The quantitative estimate of drug-likeness (QED) is 0.285. The Morgan fingerprint density at radius 2 is 1.35 bits per heavy atom. The number of halogens is 6. The molecule has 0 bridgehead atoms. The first kappa shape index (κ1) is 30.9. The Morgan fingerprint density at radius 1 is 0.767 bits per heavy atom. The zero-order valence-electron chi connectivity index (χ0n) is 24.2. The van der Waals surface area contributed by atoms with Gasteiger partial charge in [-0.15, -0.1) is 0 Å². The third-order valence-corrected chi connectivity index (χ3v) is 8.68. The molecule has 0 saturated carbocycles. The molecule has 0 aliphatic carbocycles. The van der Waals surface area contributed by atoms with Gasteiger partial charge < -0.3 is 9.80 Å². The van der Waals surface area contributed by atoms with E-state index in [1.54, 1.807) is 0 Å². The summed E-state index contributed by atoms with van der Waals surface area (Å²) in [4.78, 5) is 20.0. The number of anilines is 1. The van der Waals surface area contributed by atoms with Crippen LogP contribution < -0.4 is 4.90 Å². The van der Waals surface area contributed by atoms with Crippen LogP contribution in [0.1, 0.15) is 51.0 Å². The summed E-state index contributed by atoms with van der Waals surface area (Å²) in [6, 6.07) is 16.6. The average molecular weight is 604 g/mol. The molecule has 2 aliphatic heterocycles. The highest BCUT2D eigenvalue weighted by atomic mass is 19.4. The van der Waals surface area contributed by atoms with E-state index in [1.807, 2.05) is 30.3 Å². The lowest BCUT2D eigenvalue weighted by atomic mass is 9.90. The third-order valence-electron chi connectivity index (χ3n) is 8.68. The van der Waals surface area contributed by atoms with Crippen molar-refractivity contribution in [1.82, 2.24) is 9.80 Å². The van der Waals surface area contributed by atoms with Crippen LogP contribution in [0.25, 0.3) is 0 Å². The number of benzene rings is 3. The van der Waals surface area contributed by atoms with Gasteiger partial charge >= 0.3 is 12.4 Å². The molecule has 43 heavy (non-hydrogen) atoms. The van der Waals surface area contributed by atoms with Crippen molar-refractivity contribution < 1.29 is 31.1 Å². The third kappa shape index (κ3) is 7.00. The van der Waals surface area contributed by atoms with Crippen LogP contribution in [-0.2, 0) is 18.8 Å². The summed E-state index contributed by atoms with van der Waals surface area (Å²) in [6.07, 6.45) is -8.42. The summed E-state index contributed by atoms with van der Waals surface area (Å²) >= 11 is 0. The number of rotatable bonds is 5. The molecular weight excluding hydrogens is 568 g/mol. The van der Waals surface area contributed by atoms with Crippen molar-refractivity contribution in [2.24, 2.45) is 0 Å². The second-order valence-corrected chi connectivity index (χ2v) is 11.6. The summed E-state index contributed by atoms with van der Waals surface area (Å²) in [7, 11) is 0. The van der Waals surface area contributed by atoms with E-state index in [0.717, 1.165) is 31.7 Å². The molecule has 2 fully saturated rings. The van der Waals surface area contributed by atoms with Crippen LogP contribution in [0.3, 0.4) is 0 Å². The standard InChI is InChI=1S/C33H35F6N3O/c1-22-7-6-8-23(2)30(22)41-15-13-40(14-16-41)28-11-12-42(29(21-28)17-24-9-4-3-5-10-24)31(43)25-18-26(32(34,35)36)20-27(19-25)33(37,38)39/h3-10,18-20,28-29H,11-17,21H2,1-2H3/t28-,29+/m0/s1. The van der Waals surface area contributed by atoms with E-state index in [2.05, 4.69) is 41.8 Å². The molecule has 2 atom stereocenters. The second kappa shape index (κ2) is 12.2. The van der Waals surface area contributed by atoms with Crippen LogP contribution in [0.4, 0.5) is 32.0 Å². The molecule has 2 heterocycles. The maximum atomic E-state index is 13.7. The maximum absolute atomic E-state index is 13.7. The van der Waals surface area contributed by atoms with E-state index in [0.29, 0.717) is 31.4 Å². The fraction of sp³-hybridized carbons (Fsp3) is 0.424. The van der Waals surface area contributed by atoms with E-state index in [-0.39, 0.29) is 24.7 Å². The van der Waals surface area contributed by atoms with Crippen LogP contribution in [0.15, 0.2) is 66.7 Å². The van der Waals surface area contributed by atoms with Gasteiger partial charge in [0.2, 0.25) is 0 Å². The highest BCUT2D eigenvalue weighted by molar-refractivity contribution is 5.95. The Labute approximate surface area is 247 Å². The monoisotopic (exact) mass is 603 g/mol.